The number of ether oxygens (including phenoxy) is 1. The lowest BCUT2D eigenvalue weighted by Crippen LogP contribution is -2.13. The smallest absolute Gasteiger partial charge is 0.233 e. The van der Waals surface area contributed by atoms with Crippen molar-refractivity contribution in [3.05, 3.63) is 60.4 Å². The van der Waals surface area contributed by atoms with Gasteiger partial charge >= 0.3 is 0 Å². The predicted octanol–water partition coefficient (Wildman–Crippen LogP) is 4.14. The average molecular weight is 365 g/mol. The number of methoxy groups -OCH3 is 1. The van der Waals surface area contributed by atoms with Crippen LogP contribution in [0, 0.1) is 0 Å². The van der Waals surface area contributed by atoms with Gasteiger partial charge in [0.1, 0.15) is 17.2 Å². The van der Waals surface area contributed by atoms with Gasteiger partial charge in [0, 0.05) is 11.6 Å². The van der Waals surface area contributed by atoms with Gasteiger partial charge < -0.3 is 14.6 Å². The van der Waals surface area contributed by atoms with E-state index in [1.165, 1.54) is 11.3 Å². The van der Waals surface area contributed by atoms with Crippen LogP contribution in [0.25, 0.3) is 21.5 Å². The van der Waals surface area contributed by atoms with Gasteiger partial charge in [0.05, 0.1) is 23.7 Å². The lowest BCUT2D eigenvalue weighted by molar-refractivity contribution is -0.115. The fraction of sp³-hybridized carbons (Fsp3) is 0.105. The van der Waals surface area contributed by atoms with Crippen molar-refractivity contribution in [2.24, 2.45) is 0 Å². The third-order valence-corrected chi connectivity index (χ3v) is 4.74. The number of thiazole rings is 1. The van der Waals surface area contributed by atoms with Crippen molar-refractivity contribution in [1.29, 1.82) is 0 Å². The first kappa shape index (κ1) is 16.3. The van der Waals surface area contributed by atoms with Gasteiger partial charge in [-0.2, -0.15) is 0 Å². The number of benzene rings is 2. The van der Waals surface area contributed by atoms with Crippen LogP contribution in [-0.4, -0.2) is 23.2 Å². The summed E-state index contributed by atoms with van der Waals surface area (Å²) in [6.45, 7) is 0. The van der Waals surface area contributed by atoms with E-state index in [1.807, 2.05) is 48.5 Å². The standard InChI is InChI=1S/C19H15N3O3S/c1-24-13-7-8-15-17(10-13)26-19(20-15)21-18(23)11-14-9-16(22-25-14)12-5-3-2-4-6-12/h2-10H,11H2,1H3,(H,20,21,23). The molecule has 2 heterocycles. The minimum absolute atomic E-state index is 0.0963. The van der Waals surface area contributed by atoms with Crippen LogP contribution >= 0.6 is 11.3 Å². The molecule has 0 saturated heterocycles. The van der Waals surface area contributed by atoms with E-state index >= 15 is 0 Å². The van der Waals surface area contributed by atoms with E-state index in [-0.39, 0.29) is 12.3 Å². The second kappa shape index (κ2) is 6.97. The second-order valence-corrected chi connectivity index (χ2v) is 6.65. The van der Waals surface area contributed by atoms with Gasteiger partial charge in [-0.25, -0.2) is 4.98 Å². The van der Waals surface area contributed by atoms with Gasteiger partial charge in [-0.15, -0.1) is 0 Å². The maximum absolute atomic E-state index is 12.3. The number of hydrogen-bond donors (Lipinski definition) is 1. The zero-order chi connectivity index (χ0) is 17.9. The monoisotopic (exact) mass is 365 g/mol. The maximum atomic E-state index is 12.3. The molecule has 0 radical (unpaired) electrons. The van der Waals surface area contributed by atoms with Gasteiger partial charge in [0.15, 0.2) is 5.13 Å². The Kier molecular flexibility index (Phi) is 4.37. The fourth-order valence-corrected chi connectivity index (χ4v) is 3.46. The summed E-state index contributed by atoms with van der Waals surface area (Å²) < 4.78 is 11.4. The van der Waals surface area contributed by atoms with Crippen molar-refractivity contribution in [1.82, 2.24) is 10.1 Å². The Labute approximate surface area is 153 Å². The van der Waals surface area contributed by atoms with Crippen molar-refractivity contribution in [2.75, 3.05) is 12.4 Å². The topological polar surface area (TPSA) is 77.2 Å². The first-order valence-corrected chi connectivity index (χ1v) is 8.78. The molecular formula is C19H15N3O3S. The molecule has 0 aliphatic rings. The molecule has 4 rings (SSSR count). The number of rotatable bonds is 5. The highest BCUT2D eigenvalue weighted by atomic mass is 32.1. The number of nitrogens with one attached hydrogen (secondary N) is 1. The van der Waals surface area contributed by atoms with Crippen LogP contribution in [0.1, 0.15) is 5.76 Å². The van der Waals surface area contributed by atoms with Gasteiger partial charge in [0.2, 0.25) is 5.91 Å². The Balaban J connectivity index is 1.45. The molecule has 0 atom stereocenters. The van der Waals surface area contributed by atoms with Crippen LogP contribution in [0.4, 0.5) is 5.13 Å². The summed E-state index contributed by atoms with van der Waals surface area (Å²) in [5.41, 5.74) is 2.47. The summed E-state index contributed by atoms with van der Waals surface area (Å²) in [6.07, 6.45) is 0.0963. The molecule has 7 heteroatoms. The molecular weight excluding hydrogens is 350 g/mol. The van der Waals surface area contributed by atoms with Crippen LogP contribution in [0.3, 0.4) is 0 Å². The third-order valence-electron chi connectivity index (χ3n) is 3.81. The predicted molar refractivity (Wildman–Crippen MR) is 100 cm³/mol. The average Bonchev–Trinajstić information content (AvgIpc) is 3.28. The summed E-state index contributed by atoms with van der Waals surface area (Å²) >= 11 is 1.40. The van der Waals surface area contributed by atoms with E-state index in [1.54, 1.807) is 13.2 Å². The number of carbonyl (C=O) groups excluding carboxylic acids is 1. The summed E-state index contributed by atoms with van der Waals surface area (Å²) in [7, 11) is 1.62. The van der Waals surface area contributed by atoms with E-state index in [2.05, 4.69) is 15.5 Å². The van der Waals surface area contributed by atoms with Gasteiger partial charge in [-0.05, 0) is 18.2 Å². The normalized spacial score (nSPS) is 10.8. The highest BCUT2D eigenvalue weighted by Crippen LogP contribution is 2.29. The number of hydrogen-bond acceptors (Lipinski definition) is 6. The van der Waals surface area contributed by atoms with E-state index in [9.17, 15) is 4.79 Å². The third kappa shape index (κ3) is 3.43. The Morgan fingerprint density at radius 1 is 1.19 bits per heavy atom. The molecule has 0 bridgehead atoms. The molecule has 26 heavy (non-hydrogen) atoms. The molecule has 6 nitrogen and oxygen atoms in total. The number of anilines is 1. The second-order valence-electron chi connectivity index (χ2n) is 5.62. The molecule has 4 aromatic rings. The SMILES string of the molecule is COc1ccc2nc(NC(=O)Cc3cc(-c4ccccc4)no3)sc2c1. The highest BCUT2D eigenvalue weighted by Gasteiger charge is 2.13. The molecule has 0 saturated carbocycles. The Morgan fingerprint density at radius 3 is 2.85 bits per heavy atom. The largest absolute Gasteiger partial charge is 0.497 e. The number of fused-ring (bicyclic) bond motifs is 1. The van der Waals surface area contributed by atoms with Crippen molar-refractivity contribution in [2.45, 2.75) is 6.42 Å². The Bertz CT molecular complexity index is 1060. The summed E-state index contributed by atoms with van der Waals surface area (Å²) in [5, 5.41) is 7.37. The molecule has 2 aromatic heterocycles. The molecule has 130 valence electrons. The van der Waals surface area contributed by atoms with Gasteiger partial charge in [-0.1, -0.05) is 46.8 Å². The van der Waals surface area contributed by atoms with Crippen molar-refractivity contribution < 1.29 is 14.1 Å². The molecule has 1 amide bonds. The van der Waals surface area contributed by atoms with Crippen LogP contribution in [0.5, 0.6) is 5.75 Å². The molecule has 0 aliphatic heterocycles. The summed E-state index contributed by atoms with van der Waals surface area (Å²) in [5.74, 6) is 1.06. The Hall–Kier alpha value is -3.19. The Morgan fingerprint density at radius 2 is 2.04 bits per heavy atom. The van der Waals surface area contributed by atoms with Crippen LogP contribution in [-0.2, 0) is 11.2 Å². The first-order chi connectivity index (χ1) is 12.7. The van der Waals surface area contributed by atoms with Crippen LogP contribution in [0.15, 0.2) is 59.1 Å². The number of carbonyl (C=O) groups is 1. The van der Waals surface area contributed by atoms with E-state index in [0.717, 1.165) is 21.5 Å². The minimum atomic E-state index is -0.202. The lowest BCUT2D eigenvalue weighted by Gasteiger charge is -1.97. The zero-order valence-corrected chi connectivity index (χ0v) is 14.7. The van der Waals surface area contributed by atoms with E-state index in [4.69, 9.17) is 9.26 Å². The minimum Gasteiger partial charge on any atom is -0.497 e. The zero-order valence-electron chi connectivity index (χ0n) is 13.9. The fourth-order valence-electron chi connectivity index (χ4n) is 2.55. The van der Waals surface area contributed by atoms with Crippen molar-refractivity contribution in [3.8, 4) is 17.0 Å². The first-order valence-electron chi connectivity index (χ1n) is 7.97. The van der Waals surface area contributed by atoms with Crippen molar-refractivity contribution in [3.63, 3.8) is 0 Å². The molecule has 2 aromatic carbocycles. The summed E-state index contributed by atoms with van der Waals surface area (Å²) in [4.78, 5) is 16.7. The van der Waals surface area contributed by atoms with E-state index in [0.29, 0.717) is 16.6 Å². The van der Waals surface area contributed by atoms with Crippen LogP contribution in [0.2, 0.25) is 0 Å². The number of nitrogens with zero attached hydrogens (tertiary/aromatic N) is 2. The van der Waals surface area contributed by atoms with Crippen LogP contribution < -0.4 is 10.1 Å². The van der Waals surface area contributed by atoms with Gasteiger partial charge in [-0.3, -0.25) is 4.79 Å². The number of aromatic nitrogens is 2. The number of amides is 1. The molecule has 1 N–H and O–H groups in total. The maximum Gasteiger partial charge on any atom is 0.233 e. The highest BCUT2D eigenvalue weighted by molar-refractivity contribution is 7.22. The molecule has 0 spiro atoms. The quantitative estimate of drug-likeness (QED) is 0.575. The molecule has 0 aliphatic carbocycles. The van der Waals surface area contributed by atoms with Crippen molar-refractivity contribution >= 4 is 32.6 Å². The van der Waals surface area contributed by atoms with E-state index < -0.39 is 0 Å². The van der Waals surface area contributed by atoms with Gasteiger partial charge in [0.25, 0.3) is 0 Å². The lowest BCUT2D eigenvalue weighted by atomic mass is 10.1. The summed E-state index contributed by atoms with van der Waals surface area (Å²) in [6, 6.07) is 17.1. The molecule has 0 unspecified atom stereocenters. The molecule has 0 fully saturated rings.